The van der Waals surface area contributed by atoms with Crippen molar-refractivity contribution in [2.45, 2.75) is 78.0 Å². The smallest absolute Gasteiger partial charge is 0.261 e. The molecule has 1 aliphatic rings. The van der Waals surface area contributed by atoms with Crippen molar-refractivity contribution in [3.63, 3.8) is 0 Å². The van der Waals surface area contributed by atoms with E-state index in [4.69, 9.17) is 9.47 Å². The Morgan fingerprint density at radius 1 is 1.14 bits per heavy atom. The number of hydrogen-bond donors (Lipinski definition) is 1. The first-order valence-electron chi connectivity index (χ1n) is 10.7. The van der Waals surface area contributed by atoms with E-state index in [2.05, 4.69) is 25.2 Å². The second-order valence-corrected chi connectivity index (χ2v) is 8.13. The lowest BCUT2D eigenvalue weighted by atomic mass is 9.83. The Morgan fingerprint density at radius 3 is 2.41 bits per heavy atom. The molecule has 4 nitrogen and oxygen atoms in total. The van der Waals surface area contributed by atoms with Gasteiger partial charge in [-0.15, -0.1) is 0 Å². The van der Waals surface area contributed by atoms with Crippen molar-refractivity contribution in [3.05, 3.63) is 59.2 Å². The lowest BCUT2D eigenvalue weighted by molar-refractivity contribution is -0.129. The SMILES string of the molecule is CC[C@@H](Oc1cc(C)cc(C)c1)C(=O)N[C@@H]1CC(CC)(CC)Oc2ccccc21. The molecule has 1 amide bonds. The molecule has 0 saturated heterocycles. The highest BCUT2D eigenvalue weighted by Gasteiger charge is 2.39. The van der Waals surface area contributed by atoms with Crippen LogP contribution in [0.25, 0.3) is 0 Å². The molecule has 3 rings (SSSR count). The maximum Gasteiger partial charge on any atom is 0.261 e. The second kappa shape index (κ2) is 8.89. The number of nitrogens with one attached hydrogen (secondary N) is 1. The molecule has 0 bridgehead atoms. The molecule has 156 valence electrons. The van der Waals surface area contributed by atoms with E-state index in [1.165, 1.54) is 0 Å². The Morgan fingerprint density at radius 2 is 1.79 bits per heavy atom. The van der Waals surface area contributed by atoms with Gasteiger partial charge in [0.15, 0.2) is 6.10 Å². The zero-order valence-corrected chi connectivity index (χ0v) is 18.2. The number of ether oxygens (including phenoxy) is 2. The molecule has 29 heavy (non-hydrogen) atoms. The number of fused-ring (bicyclic) bond motifs is 1. The Labute approximate surface area is 174 Å². The topological polar surface area (TPSA) is 47.6 Å². The standard InChI is InChI=1S/C25H33NO3/c1-6-22(28-19-14-17(4)13-18(5)15-19)24(27)26-21-16-25(7-2,8-3)29-23-12-10-9-11-20(21)23/h9-15,21-22H,6-8,16H2,1-5H3,(H,26,27)/t21-,22-/m1/s1. The number of amides is 1. The van der Waals surface area contributed by atoms with Crippen molar-refractivity contribution in [1.82, 2.24) is 5.32 Å². The molecule has 0 unspecified atom stereocenters. The highest BCUT2D eigenvalue weighted by molar-refractivity contribution is 5.81. The van der Waals surface area contributed by atoms with Gasteiger partial charge in [-0.25, -0.2) is 0 Å². The van der Waals surface area contributed by atoms with Crippen LogP contribution in [0.3, 0.4) is 0 Å². The molecule has 4 heteroatoms. The van der Waals surface area contributed by atoms with E-state index in [0.29, 0.717) is 6.42 Å². The van der Waals surface area contributed by atoms with Crippen LogP contribution in [0.15, 0.2) is 42.5 Å². The Kier molecular flexibility index (Phi) is 6.51. The summed E-state index contributed by atoms with van der Waals surface area (Å²) in [6, 6.07) is 14.0. The van der Waals surface area contributed by atoms with E-state index in [1.54, 1.807) is 0 Å². The fourth-order valence-electron chi connectivity index (χ4n) is 4.18. The van der Waals surface area contributed by atoms with E-state index in [9.17, 15) is 4.79 Å². The van der Waals surface area contributed by atoms with Gasteiger partial charge in [0, 0.05) is 12.0 Å². The van der Waals surface area contributed by atoms with Gasteiger partial charge in [0.2, 0.25) is 0 Å². The van der Waals surface area contributed by atoms with Gasteiger partial charge in [-0.3, -0.25) is 4.79 Å². The summed E-state index contributed by atoms with van der Waals surface area (Å²) < 4.78 is 12.4. The Bertz CT molecular complexity index is 837. The molecule has 1 N–H and O–H groups in total. The van der Waals surface area contributed by atoms with Crippen LogP contribution in [0.1, 0.15) is 69.2 Å². The summed E-state index contributed by atoms with van der Waals surface area (Å²) in [5, 5.41) is 3.26. The Hall–Kier alpha value is -2.49. The first-order chi connectivity index (χ1) is 13.9. The lowest BCUT2D eigenvalue weighted by Gasteiger charge is -2.42. The normalized spacial score (nSPS) is 18.3. The van der Waals surface area contributed by atoms with Gasteiger partial charge in [-0.05, 0) is 62.4 Å². The largest absolute Gasteiger partial charge is 0.487 e. The van der Waals surface area contributed by atoms with Gasteiger partial charge in [-0.1, -0.05) is 45.0 Å². The van der Waals surface area contributed by atoms with Crippen molar-refractivity contribution < 1.29 is 14.3 Å². The second-order valence-electron chi connectivity index (χ2n) is 8.13. The van der Waals surface area contributed by atoms with Crippen LogP contribution in [-0.2, 0) is 4.79 Å². The van der Waals surface area contributed by atoms with Crippen LogP contribution in [-0.4, -0.2) is 17.6 Å². The molecule has 1 heterocycles. The van der Waals surface area contributed by atoms with E-state index < -0.39 is 6.10 Å². The maximum absolute atomic E-state index is 13.1. The minimum Gasteiger partial charge on any atom is -0.487 e. The van der Waals surface area contributed by atoms with Crippen molar-refractivity contribution in [2.24, 2.45) is 0 Å². The van der Waals surface area contributed by atoms with E-state index in [0.717, 1.165) is 47.5 Å². The third-order valence-electron chi connectivity index (χ3n) is 5.94. The van der Waals surface area contributed by atoms with Crippen molar-refractivity contribution in [1.29, 1.82) is 0 Å². The number of carbonyl (C=O) groups is 1. The summed E-state index contributed by atoms with van der Waals surface area (Å²) in [5.74, 6) is 1.54. The molecular formula is C25H33NO3. The van der Waals surface area contributed by atoms with Gasteiger partial charge < -0.3 is 14.8 Å². The molecule has 0 fully saturated rings. The number of hydrogen-bond acceptors (Lipinski definition) is 3. The monoisotopic (exact) mass is 395 g/mol. The van der Waals surface area contributed by atoms with Crippen LogP contribution in [0.5, 0.6) is 11.5 Å². The van der Waals surface area contributed by atoms with Gasteiger partial charge in [0.25, 0.3) is 5.91 Å². The summed E-state index contributed by atoms with van der Waals surface area (Å²) in [5.41, 5.74) is 3.05. The number of rotatable bonds is 7. The predicted molar refractivity (Wildman–Crippen MR) is 117 cm³/mol. The minimum absolute atomic E-state index is 0.0746. The fourth-order valence-corrected chi connectivity index (χ4v) is 4.18. The van der Waals surface area contributed by atoms with Crippen molar-refractivity contribution in [2.75, 3.05) is 0 Å². The van der Waals surface area contributed by atoms with E-state index in [1.807, 2.05) is 57.2 Å². The minimum atomic E-state index is -0.524. The third-order valence-corrected chi connectivity index (χ3v) is 5.94. The quantitative estimate of drug-likeness (QED) is 0.658. The number of aryl methyl sites for hydroxylation is 2. The van der Waals surface area contributed by atoms with Gasteiger partial charge >= 0.3 is 0 Å². The summed E-state index contributed by atoms with van der Waals surface area (Å²) in [6.45, 7) is 10.3. The molecule has 2 atom stereocenters. The average Bonchev–Trinajstić information content (AvgIpc) is 2.71. The predicted octanol–water partition coefficient (Wildman–Crippen LogP) is 5.66. The zero-order valence-electron chi connectivity index (χ0n) is 18.2. The van der Waals surface area contributed by atoms with Gasteiger partial charge in [-0.2, -0.15) is 0 Å². The molecule has 0 aliphatic carbocycles. The molecule has 0 saturated carbocycles. The number of benzene rings is 2. The number of para-hydroxylation sites is 1. The number of carbonyl (C=O) groups excluding carboxylic acids is 1. The van der Waals surface area contributed by atoms with E-state index in [-0.39, 0.29) is 17.6 Å². The lowest BCUT2D eigenvalue weighted by Crippen LogP contribution is -2.47. The van der Waals surface area contributed by atoms with Crippen LogP contribution < -0.4 is 14.8 Å². The van der Waals surface area contributed by atoms with Gasteiger partial charge in [0.1, 0.15) is 17.1 Å². The van der Waals surface area contributed by atoms with Crippen molar-refractivity contribution in [3.8, 4) is 11.5 Å². The zero-order chi connectivity index (χ0) is 21.0. The molecule has 2 aromatic rings. The average molecular weight is 396 g/mol. The highest BCUT2D eigenvalue weighted by Crippen LogP contribution is 2.42. The first-order valence-corrected chi connectivity index (χ1v) is 10.7. The van der Waals surface area contributed by atoms with E-state index >= 15 is 0 Å². The maximum atomic E-state index is 13.1. The van der Waals surface area contributed by atoms with Crippen LogP contribution in [0.2, 0.25) is 0 Å². The van der Waals surface area contributed by atoms with Crippen LogP contribution in [0, 0.1) is 13.8 Å². The Balaban J connectivity index is 1.80. The summed E-state index contributed by atoms with van der Waals surface area (Å²) >= 11 is 0. The first kappa shape index (κ1) is 21.2. The molecule has 2 aromatic carbocycles. The molecule has 0 spiro atoms. The summed E-state index contributed by atoms with van der Waals surface area (Å²) in [7, 11) is 0. The van der Waals surface area contributed by atoms with Crippen LogP contribution in [0.4, 0.5) is 0 Å². The molecule has 0 aromatic heterocycles. The van der Waals surface area contributed by atoms with Crippen molar-refractivity contribution >= 4 is 5.91 Å². The molecule has 1 aliphatic heterocycles. The molecular weight excluding hydrogens is 362 g/mol. The van der Waals surface area contributed by atoms with Crippen LogP contribution >= 0.6 is 0 Å². The summed E-state index contributed by atoms with van der Waals surface area (Å²) in [6.07, 6.45) is 2.66. The third kappa shape index (κ3) is 4.75. The fraction of sp³-hybridized carbons (Fsp3) is 0.480. The molecule has 0 radical (unpaired) electrons. The highest BCUT2D eigenvalue weighted by atomic mass is 16.5. The summed E-state index contributed by atoms with van der Waals surface area (Å²) in [4.78, 5) is 13.1. The van der Waals surface area contributed by atoms with Gasteiger partial charge in [0.05, 0.1) is 6.04 Å².